The molecule has 6 aromatic rings. The van der Waals surface area contributed by atoms with Crippen LogP contribution in [0.5, 0.6) is 0 Å². The number of hydrogen-bond donors (Lipinski definition) is 1. The molecule has 261 valence electrons. The molecule has 0 spiro atoms. The molecule has 0 saturated heterocycles. The number of carbonyl (C=O) groups excluding carboxylic acids is 1. The molecule has 4 aromatic carbocycles. The second-order valence-corrected chi connectivity index (χ2v) is 18.9. The van der Waals surface area contributed by atoms with Gasteiger partial charge in [0.25, 0.3) is 0 Å². The van der Waals surface area contributed by atoms with E-state index in [9.17, 15) is 9.90 Å². The topological polar surface area (TPSA) is 55.1 Å². The zero-order valence-electron chi connectivity index (χ0n) is 30.6. The maximum Gasteiger partial charge on any atom is 0.164 e. The van der Waals surface area contributed by atoms with Crippen LogP contribution in [0.1, 0.15) is 67.2 Å². The van der Waals surface area contributed by atoms with Gasteiger partial charge in [0.15, 0.2) is 5.78 Å². The molecule has 4 nitrogen and oxygen atoms in total. The van der Waals surface area contributed by atoms with Crippen LogP contribution in [0.4, 0.5) is 0 Å². The fourth-order valence-electron chi connectivity index (χ4n) is 7.22. The first-order valence-electron chi connectivity index (χ1n) is 17.8. The normalized spacial score (nSPS) is 13.8. The summed E-state index contributed by atoms with van der Waals surface area (Å²) in [5.74, 6) is 0.286. The van der Waals surface area contributed by atoms with Gasteiger partial charge in [-0.15, -0.1) is 23.8 Å². The first-order valence-corrected chi connectivity index (χ1v) is 20.8. The van der Waals surface area contributed by atoms with Crippen molar-refractivity contribution in [3.05, 3.63) is 109 Å². The molecule has 0 aliphatic carbocycles. The Morgan fingerprint density at radius 2 is 1.42 bits per heavy atom. The van der Waals surface area contributed by atoms with Crippen molar-refractivity contribution in [3.8, 4) is 16.9 Å². The zero-order chi connectivity index (χ0) is 35.1. The average molecular weight is 858 g/mol. The fourth-order valence-corrected chi connectivity index (χ4v) is 10.2. The van der Waals surface area contributed by atoms with E-state index in [4.69, 9.17) is 4.98 Å². The van der Waals surface area contributed by atoms with Crippen LogP contribution >= 0.6 is 0 Å². The summed E-state index contributed by atoms with van der Waals surface area (Å²) in [6.07, 6.45) is 4.75. The molecule has 0 amide bonds. The molecule has 0 atom stereocenters. The third-order valence-electron chi connectivity index (χ3n) is 11.7. The number of aromatic nitrogens is 2. The van der Waals surface area contributed by atoms with Crippen LogP contribution in [0.2, 0.25) is 13.1 Å². The standard InChI is InChI=1S/C29H21N2Si.C15H28O2.Ir/c1-32(2)25-17-9-16-24-28(25)27-21(29-26(32)18-19-10-6-7-14-22(19)30-29)13-8-15-23(27)31(24)20-11-4-3-5-12-20;1-7-14(5,8-2)12(16)11-13(17)15(6,9-3)10-4;/h3-12,14-18H,1-2H3;11,16H,7-10H2,1-6H3;/q-1;;/b;12-11-;. The van der Waals surface area contributed by atoms with Gasteiger partial charge in [-0.05, 0) is 71.9 Å². The summed E-state index contributed by atoms with van der Waals surface area (Å²) in [6, 6.07) is 36.3. The van der Waals surface area contributed by atoms with Crippen LogP contribution < -0.4 is 10.4 Å². The molecular formula is C44H49IrN2O2Si-. The van der Waals surface area contributed by atoms with Gasteiger partial charge in [0.05, 0.1) is 5.52 Å². The van der Waals surface area contributed by atoms with Gasteiger partial charge in [-0.3, -0.25) is 9.78 Å². The van der Waals surface area contributed by atoms with E-state index in [2.05, 4.69) is 115 Å². The SMILES string of the molecule is CCC(C)(CC)C(=O)/C=C(\O)C(C)(CC)CC.C[Si]1(C)c2cc3ccccc3nc2-c2[c-]ccc3c2c2c1cccc2n3-c1ccccc1.[Ir]. The van der Waals surface area contributed by atoms with E-state index in [1.807, 2.05) is 41.5 Å². The van der Waals surface area contributed by atoms with Crippen molar-refractivity contribution in [1.29, 1.82) is 0 Å². The first kappa shape index (κ1) is 37.4. The number of para-hydroxylation sites is 2. The molecule has 6 heteroatoms. The van der Waals surface area contributed by atoms with Crippen molar-refractivity contribution in [2.75, 3.05) is 0 Å². The third-order valence-corrected chi connectivity index (χ3v) is 15.2. The number of pyridine rings is 1. The summed E-state index contributed by atoms with van der Waals surface area (Å²) in [7, 11) is -2.03. The van der Waals surface area contributed by atoms with Gasteiger partial charge in [0.1, 0.15) is 13.8 Å². The van der Waals surface area contributed by atoms with Crippen LogP contribution in [0, 0.1) is 16.9 Å². The van der Waals surface area contributed by atoms with Crippen LogP contribution in [-0.4, -0.2) is 28.5 Å². The van der Waals surface area contributed by atoms with Crippen molar-refractivity contribution < 1.29 is 30.0 Å². The molecule has 2 aromatic heterocycles. The second kappa shape index (κ2) is 14.4. The number of aliphatic hydroxyl groups excluding tert-OH is 1. The first-order chi connectivity index (χ1) is 23.4. The van der Waals surface area contributed by atoms with Crippen LogP contribution in [-0.2, 0) is 24.9 Å². The van der Waals surface area contributed by atoms with Gasteiger partial charge in [0, 0.05) is 48.2 Å². The zero-order valence-corrected chi connectivity index (χ0v) is 34.0. The molecule has 1 radical (unpaired) electrons. The number of rotatable bonds is 8. The van der Waals surface area contributed by atoms with Crippen LogP contribution in [0.25, 0.3) is 49.7 Å². The molecule has 1 aliphatic rings. The van der Waals surface area contributed by atoms with Crippen LogP contribution in [0.15, 0.2) is 103 Å². The number of carbonyl (C=O) groups is 1. The Kier molecular flexibility index (Phi) is 10.8. The van der Waals surface area contributed by atoms with Gasteiger partial charge >= 0.3 is 0 Å². The molecule has 0 bridgehead atoms. The van der Waals surface area contributed by atoms with E-state index in [0.717, 1.165) is 42.5 Å². The molecule has 1 N–H and O–H groups in total. The largest absolute Gasteiger partial charge is 0.512 e. The predicted molar refractivity (Wildman–Crippen MR) is 210 cm³/mol. The second-order valence-electron chi connectivity index (χ2n) is 14.6. The molecule has 50 heavy (non-hydrogen) atoms. The van der Waals surface area contributed by atoms with Crippen molar-refractivity contribution in [2.45, 2.75) is 80.3 Å². The van der Waals surface area contributed by atoms with Gasteiger partial charge < -0.3 is 9.67 Å². The number of fused-ring (bicyclic) bond motifs is 3. The molecule has 7 rings (SSSR count). The Labute approximate surface area is 312 Å². The Hall–Kier alpha value is -3.83. The molecule has 3 heterocycles. The third kappa shape index (κ3) is 6.20. The van der Waals surface area contributed by atoms with Gasteiger partial charge in [-0.25, -0.2) is 0 Å². The summed E-state index contributed by atoms with van der Waals surface area (Å²) in [5, 5.41) is 16.9. The minimum Gasteiger partial charge on any atom is -0.512 e. The maximum atomic E-state index is 12.2. The molecule has 0 unspecified atom stereocenters. The Balaban J connectivity index is 0.000000234. The Morgan fingerprint density at radius 3 is 2.08 bits per heavy atom. The number of ketones is 1. The van der Waals surface area contributed by atoms with E-state index in [1.54, 1.807) is 0 Å². The van der Waals surface area contributed by atoms with E-state index >= 15 is 0 Å². The van der Waals surface area contributed by atoms with E-state index in [-0.39, 0.29) is 42.5 Å². The summed E-state index contributed by atoms with van der Waals surface area (Å²) in [5.41, 5.74) is 6.36. The smallest absolute Gasteiger partial charge is 0.164 e. The Bertz CT molecular complexity index is 2210. The molecule has 0 fully saturated rings. The number of hydrogen-bond acceptors (Lipinski definition) is 3. The van der Waals surface area contributed by atoms with E-state index in [1.165, 1.54) is 49.3 Å². The van der Waals surface area contributed by atoms with Crippen molar-refractivity contribution in [3.63, 3.8) is 0 Å². The van der Waals surface area contributed by atoms with Crippen molar-refractivity contribution >= 4 is 56.9 Å². The summed E-state index contributed by atoms with van der Waals surface area (Å²) in [4.78, 5) is 17.4. The Morgan fingerprint density at radius 1 is 0.800 bits per heavy atom. The van der Waals surface area contributed by atoms with Crippen LogP contribution in [0.3, 0.4) is 0 Å². The minimum absolute atomic E-state index is 0. The quantitative estimate of drug-likeness (QED) is 0.0718. The van der Waals surface area contributed by atoms with Gasteiger partial charge in [-0.2, -0.15) is 0 Å². The number of aliphatic hydroxyl groups is 1. The number of allylic oxidation sites excluding steroid dienone is 2. The average Bonchev–Trinajstić information content (AvgIpc) is 3.45. The predicted octanol–water partition coefficient (Wildman–Crippen LogP) is 10.6. The minimum atomic E-state index is -2.03. The van der Waals surface area contributed by atoms with Crippen molar-refractivity contribution in [2.24, 2.45) is 10.8 Å². The van der Waals surface area contributed by atoms with Gasteiger partial charge in [-0.1, -0.05) is 125 Å². The molecular weight excluding hydrogens is 809 g/mol. The number of benzene rings is 4. The summed E-state index contributed by atoms with van der Waals surface area (Å²) >= 11 is 0. The van der Waals surface area contributed by atoms with Gasteiger partial charge in [0.2, 0.25) is 0 Å². The summed E-state index contributed by atoms with van der Waals surface area (Å²) < 4.78 is 2.40. The summed E-state index contributed by atoms with van der Waals surface area (Å²) in [6.45, 7) is 17.0. The van der Waals surface area contributed by atoms with Crippen molar-refractivity contribution in [1.82, 2.24) is 9.55 Å². The molecule has 1 aliphatic heterocycles. The molecule has 0 saturated carbocycles. The number of nitrogens with zero attached hydrogens (tertiary/aromatic N) is 2. The van der Waals surface area contributed by atoms with E-state index < -0.39 is 8.07 Å². The maximum absolute atomic E-state index is 12.2. The fraction of sp³-hybridized carbons (Fsp3) is 0.318. The monoisotopic (exact) mass is 858 g/mol. The van der Waals surface area contributed by atoms with E-state index in [0.29, 0.717) is 0 Å².